The number of hydrogen-bond acceptors (Lipinski definition) is 7. The molecule has 0 spiro atoms. The van der Waals surface area contributed by atoms with Crippen LogP contribution in [0.1, 0.15) is 84.1 Å². The van der Waals surface area contributed by atoms with Gasteiger partial charge in [0.15, 0.2) is 0 Å². The highest BCUT2D eigenvalue weighted by Gasteiger charge is 2.43. The summed E-state index contributed by atoms with van der Waals surface area (Å²) >= 11 is 3.53. The number of benzene rings is 1. The number of thiol groups is 1. The molecule has 1 aromatic carbocycles. The molecule has 270 valence electrons. The summed E-state index contributed by atoms with van der Waals surface area (Å²) in [6, 6.07) is 4.45. The molecule has 0 aromatic heterocycles. The molecule has 49 heavy (non-hydrogen) atoms. The Morgan fingerprint density at radius 1 is 1.12 bits per heavy atom. The van der Waals surface area contributed by atoms with Crippen LogP contribution in [0.15, 0.2) is 36.9 Å². The fourth-order valence-corrected chi connectivity index (χ4v) is 6.45. The van der Waals surface area contributed by atoms with E-state index in [-0.39, 0.29) is 25.3 Å². The van der Waals surface area contributed by atoms with Crippen LogP contribution >= 0.6 is 12.6 Å². The number of terminal acetylenes is 1. The van der Waals surface area contributed by atoms with Gasteiger partial charge in [-0.1, -0.05) is 58.2 Å². The smallest absolute Gasteiger partial charge is 0.315 e. The number of urea groups is 1. The first-order chi connectivity index (χ1) is 23.3. The number of Topliss-reactive ketones (excluding diaryl/α,β-unsaturated/α-hetero) is 1. The number of amides is 5. The van der Waals surface area contributed by atoms with Gasteiger partial charge in [-0.2, -0.15) is 12.6 Å². The second-order valence-electron chi connectivity index (χ2n) is 13.6. The van der Waals surface area contributed by atoms with E-state index in [1.54, 1.807) is 13.4 Å². The quantitative estimate of drug-likeness (QED) is 0.0862. The van der Waals surface area contributed by atoms with Crippen molar-refractivity contribution in [1.29, 1.82) is 0 Å². The van der Waals surface area contributed by atoms with E-state index in [2.05, 4.69) is 46.4 Å². The third kappa shape index (κ3) is 12.1. The topological polar surface area (TPSA) is 146 Å². The molecule has 11 nitrogen and oxygen atoms in total. The Bertz CT molecular complexity index is 1350. The van der Waals surface area contributed by atoms with Gasteiger partial charge < -0.3 is 30.9 Å². The Kier molecular flexibility index (Phi) is 16.7. The van der Waals surface area contributed by atoms with Gasteiger partial charge in [0.2, 0.25) is 17.6 Å². The molecule has 12 heteroatoms. The molecule has 1 saturated carbocycles. The fraction of sp³-hybridized carbons (Fsp3) is 0.595. The summed E-state index contributed by atoms with van der Waals surface area (Å²) in [5.41, 5.74) is -0.106. The summed E-state index contributed by atoms with van der Waals surface area (Å²) in [4.78, 5) is 68.0. The summed E-state index contributed by atoms with van der Waals surface area (Å²) in [5, 5.41) is 11.3. The van der Waals surface area contributed by atoms with Gasteiger partial charge >= 0.3 is 6.03 Å². The van der Waals surface area contributed by atoms with E-state index >= 15 is 0 Å². The van der Waals surface area contributed by atoms with Gasteiger partial charge in [-0.15, -0.1) is 18.9 Å². The molecule has 3 unspecified atom stereocenters. The van der Waals surface area contributed by atoms with Crippen LogP contribution in [-0.2, 0) is 25.6 Å². The van der Waals surface area contributed by atoms with Crippen LogP contribution in [0.3, 0.4) is 0 Å². The summed E-state index contributed by atoms with van der Waals surface area (Å²) < 4.78 is 5.41. The van der Waals surface area contributed by atoms with Gasteiger partial charge in [0.05, 0.1) is 13.2 Å². The standard InChI is InChI=1S/C36H51N5O6.CH4S/c1-7-9-17-27(29(42)32(44)37-21-8-2)38-31(43)28-18-14-22-41(28)33(45)30(35(3,4)5)39-34(46)40-36(19-11-10-12-20-36)24-25-15-13-16-26(23-25)47-6;1-2/h1,8,13,15-16,23,27-28,30H,2,9-12,14,17-22,24H2,3-6H3,(H,37,44)(H,38,43)(H2,39,40,46);2H,1H3. The molecule has 3 atom stereocenters. The number of carbonyl (C=O) groups excluding carboxylic acids is 5. The van der Waals surface area contributed by atoms with E-state index < -0.39 is 52.7 Å². The Labute approximate surface area is 297 Å². The normalized spacial score (nSPS) is 17.9. The van der Waals surface area contributed by atoms with Crippen molar-refractivity contribution in [2.75, 3.05) is 26.5 Å². The van der Waals surface area contributed by atoms with Gasteiger partial charge in [0.1, 0.15) is 17.8 Å². The molecule has 0 bridgehead atoms. The number of ether oxygens (including phenoxy) is 1. The molecule has 4 N–H and O–H groups in total. The largest absolute Gasteiger partial charge is 0.497 e. The Morgan fingerprint density at radius 2 is 1.82 bits per heavy atom. The molecular weight excluding hydrogens is 643 g/mol. The minimum atomic E-state index is -1.14. The lowest BCUT2D eigenvalue weighted by molar-refractivity contribution is -0.143. The number of nitrogens with zero attached hydrogens (tertiary/aromatic N) is 1. The van der Waals surface area contributed by atoms with E-state index in [0.29, 0.717) is 25.8 Å². The molecular formula is C37H55N5O6S. The van der Waals surface area contributed by atoms with Crippen LogP contribution in [0.5, 0.6) is 5.75 Å². The molecule has 1 aliphatic heterocycles. The number of carbonyl (C=O) groups is 5. The minimum absolute atomic E-state index is 0.0765. The van der Waals surface area contributed by atoms with E-state index in [4.69, 9.17) is 11.2 Å². The predicted octanol–water partition coefficient (Wildman–Crippen LogP) is 3.96. The van der Waals surface area contributed by atoms with Crippen molar-refractivity contribution >= 4 is 42.2 Å². The maximum absolute atomic E-state index is 14.1. The lowest BCUT2D eigenvalue weighted by Crippen LogP contribution is -2.62. The van der Waals surface area contributed by atoms with Gasteiger partial charge in [-0.25, -0.2) is 4.79 Å². The van der Waals surface area contributed by atoms with E-state index in [0.717, 1.165) is 43.4 Å². The summed E-state index contributed by atoms with van der Waals surface area (Å²) in [6.45, 7) is 9.53. The Morgan fingerprint density at radius 3 is 2.43 bits per heavy atom. The van der Waals surface area contributed by atoms with Crippen molar-refractivity contribution in [2.24, 2.45) is 5.41 Å². The van der Waals surface area contributed by atoms with Crippen LogP contribution in [-0.4, -0.2) is 84.6 Å². The fourth-order valence-electron chi connectivity index (χ4n) is 6.45. The van der Waals surface area contributed by atoms with Crippen LogP contribution in [0.25, 0.3) is 0 Å². The number of nitrogens with one attached hydrogen (secondary N) is 4. The van der Waals surface area contributed by atoms with Crippen molar-refractivity contribution in [3.8, 4) is 18.1 Å². The van der Waals surface area contributed by atoms with Gasteiger partial charge in [0.25, 0.3) is 5.91 Å². The summed E-state index contributed by atoms with van der Waals surface area (Å²) in [6.07, 6.45) is 15.0. The second-order valence-corrected chi connectivity index (χ2v) is 13.6. The number of likely N-dealkylation sites (tertiary alicyclic amines) is 1. The SMILES string of the molecule is C#CCCC(NC(=O)C1CCCN1C(=O)C(NC(=O)NC1(Cc2cccc(OC)c2)CCCCC1)C(C)(C)C)C(=O)C(=O)NCC=C.CS. The highest BCUT2D eigenvalue weighted by atomic mass is 32.1. The second kappa shape index (κ2) is 19.9. The van der Waals surface area contributed by atoms with Crippen LogP contribution in [0.4, 0.5) is 4.79 Å². The van der Waals surface area contributed by atoms with E-state index in [1.165, 1.54) is 11.0 Å². The van der Waals surface area contributed by atoms with Gasteiger partial charge in [0, 0.05) is 25.0 Å². The number of ketones is 1. The van der Waals surface area contributed by atoms with Crippen LogP contribution < -0.4 is 26.0 Å². The van der Waals surface area contributed by atoms with Crippen molar-refractivity contribution < 1.29 is 28.7 Å². The Balaban J connectivity index is 0.00000409. The molecule has 1 heterocycles. The van der Waals surface area contributed by atoms with Gasteiger partial charge in [-0.05, 0) is 67.9 Å². The molecule has 0 radical (unpaired) electrons. The third-order valence-corrected chi connectivity index (χ3v) is 8.93. The highest BCUT2D eigenvalue weighted by Crippen LogP contribution is 2.33. The number of methoxy groups -OCH3 is 1. The number of hydrogen-bond donors (Lipinski definition) is 5. The average Bonchev–Trinajstić information content (AvgIpc) is 3.58. The first-order valence-electron chi connectivity index (χ1n) is 17.0. The predicted molar refractivity (Wildman–Crippen MR) is 195 cm³/mol. The zero-order chi connectivity index (χ0) is 36.6. The Hall–Kier alpha value is -3.98. The molecule has 1 aromatic rings. The number of rotatable bonds is 14. The van der Waals surface area contributed by atoms with Crippen molar-refractivity contribution in [3.05, 3.63) is 42.5 Å². The molecule has 2 aliphatic rings. The average molecular weight is 698 g/mol. The summed E-state index contributed by atoms with van der Waals surface area (Å²) in [7, 11) is 1.63. The maximum atomic E-state index is 14.1. The van der Waals surface area contributed by atoms with Gasteiger partial charge in [-0.3, -0.25) is 19.2 Å². The monoisotopic (exact) mass is 697 g/mol. The first-order valence-corrected chi connectivity index (χ1v) is 17.9. The molecule has 3 rings (SSSR count). The lowest BCUT2D eigenvalue weighted by atomic mass is 9.77. The molecule has 2 fully saturated rings. The summed E-state index contributed by atoms with van der Waals surface area (Å²) in [5.74, 6) is 0.598. The third-order valence-electron chi connectivity index (χ3n) is 8.93. The minimum Gasteiger partial charge on any atom is -0.497 e. The molecule has 1 saturated heterocycles. The van der Waals surface area contributed by atoms with E-state index in [9.17, 15) is 24.0 Å². The zero-order valence-corrected chi connectivity index (χ0v) is 30.6. The van der Waals surface area contributed by atoms with Crippen molar-refractivity contribution in [3.63, 3.8) is 0 Å². The lowest BCUT2D eigenvalue weighted by Gasteiger charge is -2.40. The highest BCUT2D eigenvalue weighted by molar-refractivity contribution is 7.79. The molecule has 1 aliphatic carbocycles. The maximum Gasteiger partial charge on any atom is 0.315 e. The van der Waals surface area contributed by atoms with Crippen LogP contribution in [0.2, 0.25) is 0 Å². The zero-order valence-electron chi connectivity index (χ0n) is 29.7. The van der Waals surface area contributed by atoms with Crippen molar-refractivity contribution in [2.45, 2.75) is 109 Å². The molecule has 5 amide bonds. The first kappa shape index (κ1) is 41.2. The van der Waals surface area contributed by atoms with Crippen LogP contribution in [0, 0.1) is 17.8 Å². The van der Waals surface area contributed by atoms with E-state index in [1.807, 2.05) is 45.0 Å². The van der Waals surface area contributed by atoms with Crippen molar-refractivity contribution in [1.82, 2.24) is 26.2 Å².